The Labute approximate surface area is 149 Å². The predicted octanol–water partition coefficient (Wildman–Crippen LogP) is 1.92. The lowest BCUT2D eigenvalue weighted by atomic mass is 9.97. The molecule has 6 heteroatoms. The number of nitrogens with zero attached hydrogens (tertiary/aromatic N) is 2. The number of amides is 2. The lowest BCUT2D eigenvalue weighted by Gasteiger charge is -2.43. The molecule has 0 aliphatic carbocycles. The maximum Gasteiger partial charge on any atom is 0.240 e. The van der Waals surface area contributed by atoms with Gasteiger partial charge in [-0.2, -0.15) is 0 Å². The Hall–Kier alpha value is -1.82. The van der Waals surface area contributed by atoms with Gasteiger partial charge in [-0.05, 0) is 37.8 Å². The molecule has 0 saturated carbocycles. The first kappa shape index (κ1) is 18.0. The normalized spacial score (nSPS) is 27.0. The van der Waals surface area contributed by atoms with Crippen LogP contribution in [0, 0.1) is 12.8 Å². The van der Waals surface area contributed by atoms with Crippen molar-refractivity contribution in [1.29, 1.82) is 0 Å². The summed E-state index contributed by atoms with van der Waals surface area (Å²) in [5.74, 6) is 2.41. The number of fused-ring (bicyclic) bond motifs is 1. The van der Waals surface area contributed by atoms with Crippen LogP contribution < -0.4 is 5.32 Å². The third-order valence-electron chi connectivity index (χ3n) is 5.13. The maximum atomic E-state index is 13.1. The van der Waals surface area contributed by atoms with Gasteiger partial charge in [-0.3, -0.25) is 14.5 Å². The van der Waals surface area contributed by atoms with Crippen LogP contribution in [0.15, 0.2) is 16.5 Å². The standard InChI is InChI=1S/C19H29N3O3/c1-12(2)7-18-19(24)22-9-15(20-14(4)23)8-16(22)10-21(18)11-17-6-5-13(3)25-17/h5-6,12,15-16,18H,7-11H2,1-4H3,(H,20,23)/t15-,16-,18-/m0/s1. The highest BCUT2D eigenvalue weighted by Gasteiger charge is 2.45. The largest absolute Gasteiger partial charge is 0.465 e. The van der Waals surface area contributed by atoms with Gasteiger partial charge in [-0.25, -0.2) is 0 Å². The number of piperazine rings is 1. The minimum atomic E-state index is -0.113. The molecule has 138 valence electrons. The van der Waals surface area contributed by atoms with Crippen LogP contribution in [0.2, 0.25) is 0 Å². The second kappa shape index (κ2) is 7.20. The molecule has 0 spiro atoms. The van der Waals surface area contributed by atoms with Crippen LogP contribution >= 0.6 is 0 Å². The lowest BCUT2D eigenvalue weighted by Crippen LogP contribution is -2.59. The van der Waals surface area contributed by atoms with Gasteiger partial charge in [0.15, 0.2) is 0 Å². The fraction of sp³-hybridized carbons (Fsp3) is 0.684. The van der Waals surface area contributed by atoms with Crippen molar-refractivity contribution in [3.8, 4) is 0 Å². The highest BCUT2D eigenvalue weighted by atomic mass is 16.3. The number of rotatable bonds is 5. The summed E-state index contributed by atoms with van der Waals surface area (Å²) in [4.78, 5) is 28.7. The number of hydrogen-bond acceptors (Lipinski definition) is 4. The van der Waals surface area contributed by atoms with Crippen molar-refractivity contribution in [3.63, 3.8) is 0 Å². The van der Waals surface area contributed by atoms with Crippen LogP contribution in [0.1, 0.15) is 45.1 Å². The first-order valence-corrected chi connectivity index (χ1v) is 9.20. The molecule has 1 aromatic rings. The Morgan fingerprint density at radius 2 is 2.12 bits per heavy atom. The van der Waals surface area contributed by atoms with Gasteiger partial charge in [0.2, 0.25) is 11.8 Å². The van der Waals surface area contributed by atoms with E-state index >= 15 is 0 Å². The molecule has 0 radical (unpaired) electrons. The Bertz CT molecular complexity index is 640. The van der Waals surface area contributed by atoms with E-state index in [4.69, 9.17) is 4.42 Å². The summed E-state index contributed by atoms with van der Waals surface area (Å²) < 4.78 is 5.74. The van der Waals surface area contributed by atoms with E-state index in [9.17, 15) is 9.59 Å². The summed E-state index contributed by atoms with van der Waals surface area (Å²) in [5, 5.41) is 2.97. The minimum Gasteiger partial charge on any atom is -0.465 e. The average Bonchev–Trinajstić information content (AvgIpc) is 3.08. The van der Waals surface area contributed by atoms with Gasteiger partial charge in [-0.15, -0.1) is 0 Å². The van der Waals surface area contributed by atoms with Crippen LogP contribution in [0.25, 0.3) is 0 Å². The lowest BCUT2D eigenvalue weighted by molar-refractivity contribution is -0.145. The van der Waals surface area contributed by atoms with Gasteiger partial charge in [-0.1, -0.05) is 13.8 Å². The van der Waals surface area contributed by atoms with Crippen LogP contribution in [-0.4, -0.2) is 52.8 Å². The van der Waals surface area contributed by atoms with Crippen molar-refractivity contribution < 1.29 is 14.0 Å². The van der Waals surface area contributed by atoms with Crippen LogP contribution in [0.3, 0.4) is 0 Å². The molecule has 3 heterocycles. The summed E-state index contributed by atoms with van der Waals surface area (Å²) >= 11 is 0. The van der Waals surface area contributed by atoms with E-state index in [0.717, 1.165) is 30.9 Å². The Kier molecular flexibility index (Phi) is 5.18. The fourth-order valence-corrected chi connectivity index (χ4v) is 4.14. The molecule has 1 aromatic heterocycles. The summed E-state index contributed by atoms with van der Waals surface area (Å²) in [6.45, 7) is 9.90. The Morgan fingerprint density at radius 1 is 1.36 bits per heavy atom. The van der Waals surface area contributed by atoms with E-state index in [1.807, 2.05) is 24.0 Å². The third kappa shape index (κ3) is 4.06. The number of nitrogens with one attached hydrogen (secondary N) is 1. The second-order valence-corrected chi connectivity index (χ2v) is 7.86. The fourth-order valence-electron chi connectivity index (χ4n) is 4.14. The summed E-state index contributed by atoms with van der Waals surface area (Å²) in [6, 6.07) is 4.08. The van der Waals surface area contributed by atoms with Crippen molar-refractivity contribution in [2.45, 2.75) is 65.2 Å². The van der Waals surface area contributed by atoms with Crippen LogP contribution in [-0.2, 0) is 16.1 Å². The molecule has 3 rings (SSSR count). The molecule has 1 N–H and O–H groups in total. The molecule has 6 nitrogen and oxygen atoms in total. The Balaban J connectivity index is 1.76. The van der Waals surface area contributed by atoms with E-state index in [-0.39, 0.29) is 29.9 Å². The molecule has 0 aromatic carbocycles. The number of carbonyl (C=O) groups is 2. The summed E-state index contributed by atoms with van der Waals surface area (Å²) in [6.07, 6.45) is 1.67. The van der Waals surface area contributed by atoms with Crippen LogP contribution in [0.5, 0.6) is 0 Å². The molecule has 25 heavy (non-hydrogen) atoms. The molecule has 2 fully saturated rings. The SMILES string of the molecule is CC(=O)N[C@H]1C[C@H]2CN(Cc3ccc(C)o3)[C@@H](CC(C)C)C(=O)N2C1. The quantitative estimate of drug-likeness (QED) is 0.884. The highest BCUT2D eigenvalue weighted by molar-refractivity contribution is 5.83. The van der Waals surface area contributed by atoms with Crippen molar-refractivity contribution in [3.05, 3.63) is 23.7 Å². The number of hydrogen-bond donors (Lipinski definition) is 1. The zero-order valence-corrected chi connectivity index (χ0v) is 15.6. The number of carbonyl (C=O) groups excluding carboxylic acids is 2. The molecule has 2 amide bonds. The third-order valence-corrected chi connectivity index (χ3v) is 5.13. The van der Waals surface area contributed by atoms with E-state index in [1.165, 1.54) is 6.92 Å². The second-order valence-electron chi connectivity index (χ2n) is 7.86. The molecular weight excluding hydrogens is 318 g/mol. The van der Waals surface area contributed by atoms with Gasteiger partial charge in [0.25, 0.3) is 0 Å². The maximum absolute atomic E-state index is 13.1. The van der Waals surface area contributed by atoms with Crippen molar-refractivity contribution in [1.82, 2.24) is 15.1 Å². The van der Waals surface area contributed by atoms with Gasteiger partial charge in [0.1, 0.15) is 11.5 Å². The molecule has 3 atom stereocenters. The molecule has 2 aliphatic heterocycles. The van der Waals surface area contributed by atoms with E-state index < -0.39 is 0 Å². The molecular formula is C19H29N3O3. The van der Waals surface area contributed by atoms with Crippen molar-refractivity contribution >= 4 is 11.8 Å². The smallest absolute Gasteiger partial charge is 0.240 e. The zero-order valence-electron chi connectivity index (χ0n) is 15.6. The monoisotopic (exact) mass is 347 g/mol. The summed E-state index contributed by atoms with van der Waals surface area (Å²) in [5.41, 5.74) is 0. The number of aryl methyl sites for hydroxylation is 1. The zero-order chi connectivity index (χ0) is 18.1. The van der Waals surface area contributed by atoms with Gasteiger partial charge in [0, 0.05) is 32.1 Å². The number of furan rings is 1. The first-order valence-electron chi connectivity index (χ1n) is 9.20. The molecule has 2 aliphatic rings. The van der Waals surface area contributed by atoms with Crippen molar-refractivity contribution in [2.75, 3.05) is 13.1 Å². The summed E-state index contributed by atoms with van der Waals surface area (Å²) in [7, 11) is 0. The van der Waals surface area contributed by atoms with E-state index in [0.29, 0.717) is 19.0 Å². The highest BCUT2D eigenvalue weighted by Crippen LogP contribution is 2.30. The molecule has 0 bridgehead atoms. The average molecular weight is 347 g/mol. The molecule has 0 unspecified atom stereocenters. The Morgan fingerprint density at radius 3 is 2.72 bits per heavy atom. The van der Waals surface area contributed by atoms with Crippen LogP contribution in [0.4, 0.5) is 0 Å². The predicted molar refractivity (Wildman–Crippen MR) is 94.8 cm³/mol. The van der Waals surface area contributed by atoms with Crippen molar-refractivity contribution in [2.24, 2.45) is 5.92 Å². The minimum absolute atomic E-state index is 0.0288. The van der Waals surface area contributed by atoms with E-state index in [2.05, 4.69) is 24.1 Å². The topological polar surface area (TPSA) is 65.8 Å². The van der Waals surface area contributed by atoms with E-state index in [1.54, 1.807) is 0 Å². The van der Waals surface area contributed by atoms with Gasteiger partial charge >= 0.3 is 0 Å². The van der Waals surface area contributed by atoms with Gasteiger partial charge in [0.05, 0.1) is 12.6 Å². The van der Waals surface area contributed by atoms with Gasteiger partial charge < -0.3 is 14.6 Å². The molecule has 2 saturated heterocycles. The first-order chi connectivity index (χ1) is 11.8.